The third-order valence-electron chi connectivity index (χ3n) is 1.90. The van der Waals surface area contributed by atoms with Crippen molar-refractivity contribution < 1.29 is 18.4 Å². The van der Waals surface area contributed by atoms with Crippen LogP contribution >= 0.6 is 23.4 Å². The molecular formula is C10H11ClF2N2O2S. The number of carbonyl (C=O) groups excluding carboxylic acids is 1. The molecule has 4 nitrogen and oxygen atoms in total. The quantitative estimate of drug-likeness (QED) is 0.524. The van der Waals surface area contributed by atoms with Crippen LogP contribution in [0.1, 0.15) is 0 Å². The highest BCUT2D eigenvalue weighted by atomic mass is 35.5. The third kappa shape index (κ3) is 5.07. The molecule has 0 atom stereocenters. The second kappa shape index (κ2) is 6.21. The maximum atomic E-state index is 12.5. The van der Waals surface area contributed by atoms with E-state index in [9.17, 15) is 13.6 Å². The Hall–Kier alpha value is -1.05. The first-order valence-corrected chi connectivity index (χ1v) is 5.96. The van der Waals surface area contributed by atoms with E-state index in [0.717, 1.165) is 5.06 Å². The number of urea groups is 1. The molecule has 0 fully saturated rings. The predicted molar refractivity (Wildman–Crippen MR) is 66.9 cm³/mol. The molecule has 0 aliphatic rings. The summed E-state index contributed by atoms with van der Waals surface area (Å²) in [7, 11) is 2.79. The lowest BCUT2D eigenvalue weighted by Crippen LogP contribution is -2.30. The number of anilines is 1. The van der Waals surface area contributed by atoms with Crippen LogP contribution in [-0.4, -0.2) is 30.0 Å². The number of hydroxylamine groups is 2. The summed E-state index contributed by atoms with van der Waals surface area (Å²) in [6.07, 6.45) is 0. The number of nitrogens with zero attached hydrogens (tertiary/aromatic N) is 1. The predicted octanol–water partition coefficient (Wildman–Crippen LogP) is 3.59. The molecule has 18 heavy (non-hydrogen) atoms. The molecule has 100 valence electrons. The Kier molecular flexibility index (Phi) is 5.18. The number of carbonyl (C=O) groups is 1. The van der Waals surface area contributed by atoms with Gasteiger partial charge in [0, 0.05) is 17.6 Å². The van der Waals surface area contributed by atoms with E-state index in [4.69, 9.17) is 11.6 Å². The highest BCUT2D eigenvalue weighted by Crippen LogP contribution is 2.39. The van der Waals surface area contributed by atoms with E-state index < -0.39 is 10.7 Å². The molecular weight excluding hydrogens is 286 g/mol. The molecule has 8 heteroatoms. The summed E-state index contributed by atoms with van der Waals surface area (Å²) in [5, 5.41) is 3.51. The van der Waals surface area contributed by atoms with Crippen molar-refractivity contribution >= 4 is 35.1 Å². The number of alkyl halides is 3. The molecule has 0 aromatic heterocycles. The van der Waals surface area contributed by atoms with E-state index in [2.05, 4.69) is 10.2 Å². The summed E-state index contributed by atoms with van der Waals surface area (Å²) in [4.78, 5) is 16.4. The first-order valence-electron chi connectivity index (χ1n) is 4.76. The van der Waals surface area contributed by atoms with Gasteiger partial charge in [0.25, 0.3) is 0 Å². The molecule has 0 saturated heterocycles. The summed E-state index contributed by atoms with van der Waals surface area (Å²) in [5.74, 6) is 0. The zero-order valence-corrected chi connectivity index (χ0v) is 11.2. The van der Waals surface area contributed by atoms with Gasteiger partial charge in [-0.25, -0.2) is 9.86 Å². The fraction of sp³-hybridized carbons (Fsp3) is 0.300. The lowest BCUT2D eigenvalue weighted by Gasteiger charge is -2.14. The third-order valence-corrected chi connectivity index (χ3v) is 2.87. The second-order valence-electron chi connectivity index (χ2n) is 3.18. The zero-order chi connectivity index (χ0) is 13.8. The molecule has 0 aliphatic carbocycles. The van der Waals surface area contributed by atoms with Crippen molar-refractivity contribution in [2.24, 2.45) is 0 Å². The minimum Gasteiger partial charge on any atom is -0.306 e. The first kappa shape index (κ1) is 15.0. The van der Waals surface area contributed by atoms with Gasteiger partial charge >= 0.3 is 10.7 Å². The summed E-state index contributed by atoms with van der Waals surface area (Å²) in [6.45, 7) is 0. The Balaban J connectivity index is 2.63. The maximum absolute atomic E-state index is 12.5. The molecule has 0 spiro atoms. The Bertz CT molecular complexity index is 411. The summed E-state index contributed by atoms with van der Waals surface area (Å²) in [5.41, 5.74) is 0.464. The molecule has 1 aromatic rings. The smallest absolute Gasteiger partial charge is 0.306 e. The van der Waals surface area contributed by atoms with Gasteiger partial charge in [-0.2, -0.15) is 8.78 Å². The maximum Gasteiger partial charge on any atom is 0.375 e. The molecule has 1 N–H and O–H groups in total. The van der Waals surface area contributed by atoms with Gasteiger partial charge in [0.05, 0.1) is 7.11 Å². The number of thioether (sulfide) groups is 1. The van der Waals surface area contributed by atoms with Crippen molar-refractivity contribution in [3.63, 3.8) is 0 Å². The van der Waals surface area contributed by atoms with Gasteiger partial charge in [-0.3, -0.25) is 4.84 Å². The lowest BCUT2D eigenvalue weighted by molar-refractivity contribution is -0.0598. The standard InChI is InChI=1S/C10H11ClF2N2O2S/c1-15(17-2)9(16)14-7-3-5-8(6-4-7)18-10(11,12)13/h3-6H,1-2H3,(H,14,16). The van der Waals surface area contributed by atoms with Crippen molar-refractivity contribution in [3.8, 4) is 0 Å². The van der Waals surface area contributed by atoms with Crippen LogP contribution in [0.3, 0.4) is 0 Å². The number of hydrogen-bond donors (Lipinski definition) is 1. The fourth-order valence-electron chi connectivity index (χ4n) is 1.03. The molecule has 1 aromatic carbocycles. The van der Waals surface area contributed by atoms with Crippen LogP contribution < -0.4 is 5.32 Å². The summed E-state index contributed by atoms with van der Waals surface area (Å²) < 4.78 is 21.7. The van der Waals surface area contributed by atoms with Crippen molar-refractivity contribution in [2.45, 2.75) is 9.61 Å². The Morgan fingerprint density at radius 1 is 1.44 bits per heavy atom. The number of rotatable bonds is 4. The molecule has 0 radical (unpaired) electrons. The monoisotopic (exact) mass is 296 g/mol. The minimum absolute atomic E-state index is 0.223. The molecule has 0 aliphatic heterocycles. The average Bonchev–Trinajstić information content (AvgIpc) is 2.28. The van der Waals surface area contributed by atoms with E-state index >= 15 is 0 Å². The second-order valence-corrected chi connectivity index (χ2v) is 5.07. The van der Waals surface area contributed by atoms with E-state index in [0.29, 0.717) is 10.6 Å². The van der Waals surface area contributed by atoms with Crippen molar-refractivity contribution in [2.75, 3.05) is 19.5 Å². The summed E-state index contributed by atoms with van der Waals surface area (Å²) >= 11 is 5.01. The number of hydrogen-bond acceptors (Lipinski definition) is 3. The van der Waals surface area contributed by atoms with E-state index in [1.165, 1.54) is 38.4 Å². The van der Waals surface area contributed by atoms with Crippen LogP contribution in [0.4, 0.5) is 19.3 Å². The van der Waals surface area contributed by atoms with Crippen LogP contribution in [0, 0.1) is 0 Å². The Morgan fingerprint density at radius 2 is 2.00 bits per heavy atom. The van der Waals surface area contributed by atoms with Crippen molar-refractivity contribution in [1.82, 2.24) is 5.06 Å². The topological polar surface area (TPSA) is 41.6 Å². The lowest BCUT2D eigenvalue weighted by atomic mass is 10.3. The van der Waals surface area contributed by atoms with Gasteiger partial charge < -0.3 is 5.32 Å². The summed E-state index contributed by atoms with van der Waals surface area (Å²) in [6, 6.07) is 5.38. The van der Waals surface area contributed by atoms with E-state index in [1.807, 2.05) is 0 Å². The fourth-order valence-corrected chi connectivity index (χ4v) is 1.83. The highest BCUT2D eigenvalue weighted by Gasteiger charge is 2.26. The molecule has 0 unspecified atom stereocenters. The number of nitrogens with one attached hydrogen (secondary N) is 1. The highest BCUT2D eigenvalue weighted by molar-refractivity contribution is 8.01. The molecule has 0 heterocycles. The van der Waals surface area contributed by atoms with Gasteiger partial charge in [0.15, 0.2) is 0 Å². The van der Waals surface area contributed by atoms with Crippen LogP contribution in [0.15, 0.2) is 29.2 Å². The number of amides is 2. The van der Waals surface area contributed by atoms with Crippen LogP contribution in [0.25, 0.3) is 0 Å². The largest absolute Gasteiger partial charge is 0.375 e. The van der Waals surface area contributed by atoms with Crippen molar-refractivity contribution in [1.29, 1.82) is 0 Å². The average molecular weight is 297 g/mol. The number of halogens is 3. The molecule has 0 saturated carbocycles. The van der Waals surface area contributed by atoms with Gasteiger partial charge in [0.2, 0.25) is 0 Å². The van der Waals surface area contributed by atoms with Gasteiger partial charge in [0.1, 0.15) is 0 Å². The van der Waals surface area contributed by atoms with Crippen LogP contribution in [0.5, 0.6) is 0 Å². The number of benzene rings is 1. The van der Waals surface area contributed by atoms with Crippen LogP contribution in [0.2, 0.25) is 0 Å². The molecule has 2 amide bonds. The van der Waals surface area contributed by atoms with Gasteiger partial charge in [-0.1, -0.05) is 0 Å². The van der Waals surface area contributed by atoms with Crippen LogP contribution in [-0.2, 0) is 4.84 Å². The van der Waals surface area contributed by atoms with Gasteiger partial charge in [-0.05, 0) is 47.6 Å². The Morgan fingerprint density at radius 3 is 2.44 bits per heavy atom. The molecule has 0 bridgehead atoms. The Labute approximate surface area is 112 Å². The van der Waals surface area contributed by atoms with Crippen molar-refractivity contribution in [3.05, 3.63) is 24.3 Å². The van der Waals surface area contributed by atoms with E-state index in [1.54, 1.807) is 0 Å². The minimum atomic E-state index is -3.35. The molecule has 1 rings (SSSR count). The van der Waals surface area contributed by atoms with Gasteiger partial charge in [-0.15, -0.1) is 0 Å². The van der Waals surface area contributed by atoms with E-state index in [-0.39, 0.29) is 11.8 Å². The normalized spacial score (nSPS) is 11.2. The SMILES string of the molecule is CON(C)C(=O)Nc1ccc(SC(F)(F)Cl)cc1. The zero-order valence-electron chi connectivity index (χ0n) is 9.62. The first-order chi connectivity index (χ1) is 8.31.